The topological polar surface area (TPSA) is 46.0 Å². The van der Waals surface area contributed by atoms with Crippen molar-refractivity contribution in [3.63, 3.8) is 0 Å². The third-order valence-electron chi connectivity index (χ3n) is 1.66. The Morgan fingerprint density at radius 1 is 1.50 bits per heavy atom. The van der Waals surface area contributed by atoms with Crippen LogP contribution in [0, 0.1) is 11.8 Å². The summed E-state index contributed by atoms with van der Waals surface area (Å²) in [5.41, 5.74) is 0.678. The molecule has 0 saturated carbocycles. The van der Waals surface area contributed by atoms with E-state index in [-0.39, 0.29) is 0 Å². The van der Waals surface area contributed by atoms with Crippen LogP contribution < -0.4 is 0 Å². The van der Waals surface area contributed by atoms with E-state index in [4.69, 9.17) is 5.11 Å². The van der Waals surface area contributed by atoms with Crippen LogP contribution in [0.25, 0.3) is 10.2 Å². The molecule has 3 nitrogen and oxygen atoms in total. The quantitative estimate of drug-likeness (QED) is 0.660. The van der Waals surface area contributed by atoms with Crippen LogP contribution in [0.3, 0.4) is 0 Å². The fraction of sp³-hybridized carbons (Fsp3) is 0.200. The number of hydrogen-bond acceptors (Lipinski definition) is 4. The van der Waals surface area contributed by atoms with E-state index in [1.807, 2.05) is 11.4 Å². The second-order valence-corrected chi connectivity index (χ2v) is 3.70. The van der Waals surface area contributed by atoms with Crippen LogP contribution in [0.2, 0.25) is 0 Å². The smallest absolute Gasteiger partial charge is 0.127 e. The van der Waals surface area contributed by atoms with Gasteiger partial charge in [-0.1, -0.05) is 5.92 Å². The van der Waals surface area contributed by atoms with Gasteiger partial charge in [-0.3, -0.25) is 0 Å². The van der Waals surface area contributed by atoms with E-state index in [2.05, 4.69) is 21.8 Å². The van der Waals surface area contributed by atoms with Crippen LogP contribution in [0.1, 0.15) is 12.6 Å². The van der Waals surface area contributed by atoms with Gasteiger partial charge in [0.25, 0.3) is 0 Å². The molecule has 70 valence electrons. The zero-order chi connectivity index (χ0) is 9.97. The van der Waals surface area contributed by atoms with Gasteiger partial charge in [0.1, 0.15) is 23.0 Å². The minimum Gasteiger partial charge on any atom is -0.381 e. The van der Waals surface area contributed by atoms with Crippen LogP contribution in [0.5, 0.6) is 0 Å². The molecule has 0 aromatic carbocycles. The number of nitrogens with zero attached hydrogens (tertiary/aromatic N) is 2. The van der Waals surface area contributed by atoms with Crippen molar-refractivity contribution < 1.29 is 5.11 Å². The van der Waals surface area contributed by atoms with E-state index >= 15 is 0 Å². The summed E-state index contributed by atoms with van der Waals surface area (Å²) in [4.78, 5) is 9.09. The average Bonchev–Trinajstić information content (AvgIpc) is 2.62. The molecule has 0 unspecified atom stereocenters. The van der Waals surface area contributed by atoms with Gasteiger partial charge in [-0.05, 0) is 24.3 Å². The standard InChI is InChI=1S/C10H8N2OS/c1-7(13)2-3-9-8-4-5-14-10(8)12-6-11-9/h4-7,13H,1H3/t7-/m0/s1. The molecule has 2 heterocycles. The van der Waals surface area contributed by atoms with E-state index in [0.29, 0.717) is 5.69 Å². The number of thiophene rings is 1. The lowest BCUT2D eigenvalue weighted by Gasteiger charge is -1.92. The third kappa shape index (κ3) is 1.74. The van der Waals surface area contributed by atoms with Crippen molar-refractivity contribution in [2.45, 2.75) is 13.0 Å². The Bertz CT molecular complexity index is 507. The lowest BCUT2D eigenvalue weighted by Crippen LogP contribution is -1.93. The molecule has 14 heavy (non-hydrogen) atoms. The Balaban J connectivity index is 2.53. The number of aliphatic hydroxyl groups is 1. The minimum absolute atomic E-state index is 0.626. The summed E-state index contributed by atoms with van der Waals surface area (Å²) in [7, 11) is 0. The Hall–Kier alpha value is -1.44. The van der Waals surface area contributed by atoms with Gasteiger partial charge < -0.3 is 5.11 Å². The van der Waals surface area contributed by atoms with Crippen molar-refractivity contribution in [3.05, 3.63) is 23.5 Å². The van der Waals surface area contributed by atoms with Gasteiger partial charge in [-0.15, -0.1) is 11.3 Å². The van der Waals surface area contributed by atoms with Gasteiger partial charge in [0.15, 0.2) is 0 Å². The first-order valence-electron chi connectivity index (χ1n) is 4.15. The maximum Gasteiger partial charge on any atom is 0.127 e. The van der Waals surface area contributed by atoms with Crippen molar-refractivity contribution in [2.24, 2.45) is 0 Å². The zero-order valence-electron chi connectivity index (χ0n) is 7.56. The molecule has 1 N–H and O–H groups in total. The molecular formula is C10H8N2OS. The largest absolute Gasteiger partial charge is 0.381 e. The molecule has 0 amide bonds. The Morgan fingerprint density at radius 2 is 2.36 bits per heavy atom. The van der Waals surface area contributed by atoms with Crippen molar-refractivity contribution in [3.8, 4) is 11.8 Å². The number of aliphatic hydroxyl groups excluding tert-OH is 1. The second kappa shape index (κ2) is 3.74. The highest BCUT2D eigenvalue weighted by molar-refractivity contribution is 7.16. The summed E-state index contributed by atoms with van der Waals surface area (Å²) < 4.78 is 0. The zero-order valence-corrected chi connectivity index (χ0v) is 8.38. The van der Waals surface area contributed by atoms with Gasteiger partial charge >= 0.3 is 0 Å². The summed E-state index contributed by atoms with van der Waals surface area (Å²) in [5, 5.41) is 11.9. The van der Waals surface area contributed by atoms with E-state index < -0.39 is 6.10 Å². The van der Waals surface area contributed by atoms with E-state index in [0.717, 1.165) is 10.2 Å². The third-order valence-corrected chi connectivity index (χ3v) is 2.48. The van der Waals surface area contributed by atoms with Crippen molar-refractivity contribution in [1.29, 1.82) is 0 Å². The molecule has 0 radical (unpaired) electrons. The van der Waals surface area contributed by atoms with Crippen LogP contribution in [0.15, 0.2) is 17.8 Å². The normalized spacial score (nSPS) is 12.1. The molecule has 1 atom stereocenters. The molecule has 0 fully saturated rings. The SMILES string of the molecule is C[C@H](O)C#Cc1ncnc2sccc12. The predicted molar refractivity (Wildman–Crippen MR) is 56.0 cm³/mol. The number of fused-ring (bicyclic) bond motifs is 1. The van der Waals surface area contributed by atoms with Crippen molar-refractivity contribution in [1.82, 2.24) is 9.97 Å². The van der Waals surface area contributed by atoms with Gasteiger partial charge in [0, 0.05) is 5.39 Å². The first kappa shape index (κ1) is 9.13. The molecule has 0 aliphatic rings. The summed E-state index contributed by atoms with van der Waals surface area (Å²) >= 11 is 1.55. The summed E-state index contributed by atoms with van der Waals surface area (Å²) in [6.45, 7) is 1.62. The maximum atomic E-state index is 9.02. The first-order valence-corrected chi connectivity index (χ1v) is 5.03. The highest BCUT2D eigenvalue weighted by atomic mass is 32.1. The second-order valence-electron chi connectivity index (χ2n) is 2.81. The highest BCUT2D eigenvalue weighted by Gasteiger charge is 2.01. The molecule has 0 saturated heterocycles. The lowest BCUT2D eigenvalue weighted by molar-refractivity contribution is 0.253. The van der Waals surface area contributed by atoms with E-state index in [1.165, 1.54) is 6.33 Å². The summed E-state index contributed by atoms with van der Waals surface area (Å²) in [5.74, 6) is 5.49. The van der Waals surface area contributed by atoms with Gasteiger partial charge in [0.2, 0.25) is 0 Å². The first-order chi connectivity index (χ1) is 6.77. The molecular weight excluding hydrogens is 196 g/mol. The Kier molecular flexibility index (Phi) is 2.44. The maximum absolute atomic E-state index is 9.02. The van der Waals surface area contributed by atoms with Crippen LogP contribution in [-0.4, -0.2) is 21.2 Å². The van der Waals surface area contributed by atoms with Gasteiger partial charge in [-0.2, -0.15) is 0 Å². The molecule has 2 rings (SSSR count). The van der Waals surface area contributed by atoms with Crippen LogP contribution in [0.4, 0.5) is 0 Å². The molecule has 2 aromatic rings. The monoisotopic (exact) mass is 204 g/mol. The highest BCUT2D eigenvalue weighted by Crippen LogP contribution is 2.19. The summed E-state index contributed by atoms with van der Waals surface area (Å²) in [6, 6.07) is 1.94. The molecule has 0 spiro atoms. The predicted octanol–water partition coefficient (Wildman–Crippen LogP) is 1.42. The van der Waals surface area contributed by atoms with Crippen molar-refractivity contribution >= 4 is 21.6 Å². The van der Waals surface area contributed by atoms with Crippen molar-refractivity contribution in [2.75, 3.05) is 0 Å². The lowest BCUT2D eigenvalue weighted by atomic mass is 10.3. The molecule has 2 aromatic heterocycles. The van der Waals surface area contributed by atoms with Crippen LogP contribution in [-0.2, 0) is 0 Å². The summed E-state index contributed by atoms with van der Waals surface area (Å²) in [6.07, 6.45) is 0.865. The van der Waals surface area contributed by atoms with E-state index in [1.54, 1.807) is 18.3 Å². The Morgan fingerprint density at radius 3 is 3.14 bits per heavy atom. The molecule has 0 bridgehead atoms. The van der Waals surface area contributed by atoms with Gasteiger partial charge in [0.05, 0.1) is 0 Å². The number of hydrogen-bond donors (Lipinski definition) is 1. The fourth-order valence-corrected chi connectivity index (χ4v) is 1.80. The molecule has 0 aliphatic carbocycles. The fourth-order valence-electron chi connectivity index (χ4n) is 1.06. The number of rotatable bonds is 0. The van der Waals surface area contributed by atoms with Gasteiger partial charge in [-0.25, -0.2) is 9.97 Å². The average molecular weight is 204 g/mol. The minimum atomic E-state index is -0.626. The molecule has 0 aliphatic heterocycles. The Labute approximate surface area is 85.4 Å². The molecule has 4 heteroatoms. The van der Waals surface area contributed by atoms with E-state index in [9.17, 15) is 0 Å². The van der Waals surface area contributed by atoms with Crippen LogP contribution >= 0.6 is 11.3 Å². The number of aromatic nitrogens is 2.